The van der Waals surface area contributed by atoms with Gasteiger partial charge in [0.05, 0.1) is 14.2 Å². The number of nitrogens with zero attached hydrogens (tertiary/aromatic N) is 1. The first kappa shape index (κ1) is 29.8. The van der Waals surface area contributed by atoms with E-state index in [1.165, 1.54) is 5.56 Å². The maximum absolute atomic E-state index is 12.6. The van der Waals surface area contributed by atoms with Crippen LogP contribution in [0.4, 0.5) is 23.7 Å². The highest BCUT2D eigenvalue weighted by Crippen LogP contribution is 2.49. The number of methoxy groups -OCH3 is 2. The Hall–Kier alpha value is -2.74. The lowest BCUT2D eigenvalue weighted by Gasteiger charge is -2.42. The fraction of sp³-hybridized carbons (Fsp3) is 0.462. The minimum Gasteiger partial charge on any atom is -0.493 e. The monoisotopic (exact) mass is 649 g/mol. The number of hydrogen-bond donors (Lipinski definition) is 3. The number of alkyl halides is 3. The number of ether oxygens (including phenoxy) is 2. The number of rotatable bonds is 5. The van der Waals surface area contributed by atoms with E-state index in [1.54, 1.807) is 14.2 Å². The van der Waals surface area contributed by atoms with Crippen LogP contribution in [0.3, 0.4) is 0 Å². The number of urea groups is 1. The van der Waals surface area contributed by atoms with Crippen molar-refractivity contribution in [3.8, 4) is 11.5 Å². The van der Waals surface area contributed by atoms with Crippen molar-refractivity contribution in [1.82, 2.24) is 10.2 Å². The molecule has 12 heteroatoms. The van der Waals surface area contributed by atoms with E-state index < -0.39 is 12.1 Å². The van der Waals surface area contributed by atoms with Crippen LogP contribution in [-0.2, 0) is 10.2 Å². The summed E-state index contributed by atoms with van der Waals surface area (Å²) in [6.45, 7) is 2.06. The first-order valence-electron chi connectivity index (χ1n) is 11.9. The van der Waals surface area contributed by atoms with Gasteiger partial charge in [-0.05, 0) is 96.8 Å². The summed E-state index contributed by atoms with van der Waals surface area (Å²) in [5, 5.41) is 13.3. The van der Waals surface area contributed by atoms with Gasteiger partial charge in [0.15, 0.2) is 11.5 Å². The average Bonchev–Trinajstić information content (AvgIpc) is 3.21. The minimum atomic E-state index is -5.08. The standard InChI is InChI=1S/C24H30IN3O3.C2HF3O2/c1-28-14-17-12-20(27-23(29)26-19-7-5-18(25)6-8-19)10-11-24(17,15-28)16-4-9-21(30-2)22(13-16)31-3;3-2(4,5)1(6)7/h4-9,13,17,20H,10-12,14-15H2,1-3H3,(H2,26,27,29);(H,6,7). The molecule has 2 amide bonds. The number of carbonyl (C=O) groups is 2. The van der Waals surface area contributed by atoms with Crippen LogP contribution in [0.2, 0.25) is 0 Å². The predicted molar refractivity (Wildman–Crippen MR) is 145 cm³/mol. The van der Waals surface area contributed by atoms with E-state index in [0.717, 1.165) is 53.1 Å². The smallest absolute Gasteiger partial charge is 0.490 e. The lowest BCUT2D eigenvalue weighted by molar-refractivity contribution is -0.192. The van der Waals surface area contributed by atoms with Crippen molar-refractivity contribution < 1.29 is 37.3 Å². The molecule has 1 aliphatic carbocycles. The molecule has 2 aromatic carbocycles. The Balaban J connectivity index is 0.000000505. The highest BCUT2D eigenvalue weighted by atomic mass is 127. The second kappa shape index (κ2) is 12.4. The third-order valence-electron chi connectivity index (χ3n) is 7.01. The summed E-state index contributed by atoms with van der Waals surface area (Å²) < 4.78 is 43.9. The van der Waals surface area contributed by atoms with Gasteiger partial charge in [0.2, 0.25) is 0 Å². The SMILES string of the molecule is COc1ccc(C23CCC(NC(=O)Nc4ccc(I)cc4)CC2CN(C)C3)cc1OC.O=C(O)C(F)(F)F. The van der Waals surface area contributed by atoms with E-state index >= 15 is 0 Å². The molecule has 3 N–H and O–H groups in total. The van der Waals surface area contributed by atoms with Crippen molar-refractivity contribution >= 4 is 40.3 Å². The molecule has 1 aliphatic heterocycles. The van der Waals surface area contributed by atoms with Crippen molar-refractivity contribution in [2.45, 2.75) is 36.9 Å². The fourth-order valence-corrected chi connectivity index (χ4v) is 5.70. The maximum Gasteiger partial charge on any atom is 0.490 e. The molecule has 0 radical (unpaired) electrons. The minimum absolute atomic E-state index is 0.0824. The summed E-state index contributed by atoms with van der Waals surface area (Å²) >= 11 is 2.26. The molecule has 8 nitrogen and oxygen atoms in total. The van der Waals surface area contributed by atoms with Crippen LogP contribution in [0.15, 0.2) is 42.5 Å². The number of benzene rings is 2. The topological polar surface area (TPSA) is 100 Å². The molecule has 38 heavy (non-hydrogen) atoms. The molecule has 2 aromatic rings. The summed E-state index contributed by atoms with van der Waals surface area (Å²) in [7, 11) is 5.54. The van der Waals surface area contributed by atoms with E-state index in [2.05, 4.69) is 57.3 Å². The van der Waals surface area contributed by atoms with Gasteiger partial charge in [-0.1, -0.05) is 6.07 Å². The van der Waals surface area contributed by atoms with Gasteiger partial charge in [0.25, 0.3) is 0 Å². The molecule has 3 atom stereocenters. The normalized spacial score (nSPS) is 22.9. The lowest BCUT2D eigenvalue weighted by atomic mass is 9.63. The van der Waals surface area contributed by atoms with Crippen molar-refractivity contribution in [2.24, 2.45) is 5.92 Å². The Morgan fingerprint density at radius 2 is 1.74 bits per heavy atom. The van der Waals surface area contributed by atoms with Gasteiger partial charge in [0.1, 0.15) is 0 Å². The Kier molecular flexibility index (Phi) is 9.74. The number of amides is 2. The highest BCUT2D eigenvalue weighted by Gasteiger charge is 2.50. The van der Waals surface area contributed by atoms with Crippen LogP contribution in [-0.4, -0.2) is 68.6 Å². The molecule has 1 saturated carbocycles. The number of likely N-dealkylation sites (tertiary alicyclic amines) is 1. The molecular weight excluding hydrogens is 618 g/mol. The van der Waals surface area contributed by atoms with Gasteiger partial charge in [-0.3, -0.25) is 0 Å². The van der Waals surface area contributed by atoms with Crippen molar-refractivity contribution in [2.75, 3.05) is 39.7 Å². The molecule has 2 aliphatic rings. The quantitative estimate of drug-likeness (QED) is 0.390. The number of aliphatic carboxylic acids is 1. The third kappa shape index (κ3) is 7.22. The highest BCUT2D eigenvalue weighted by molar-refractivity contribution is 14.1. The van der Waals surface area contributed by atoms with Gasteiger partial charge in [-0.2, -0.15) is 13.2 Å². The summed E-state index contributed by atoms with van der Waals surface area (Å²) in [5.74, 6) is -0.742. The van der Waals surface area contributed by atoms with Crippen molar-refractivity contribution in [3.05, 3.63) is 51.6 Å². The number of likely N-dealkylation sites (N-methyl/N-ethyl adjacent to an activating group) is 1. The molecule has 0 aromatic heterocycles. The molecule has 1 saturated heterocycles. The number of anilines is 1. The van der Waals surface area contributed by atoms with Crippen molar-refractivity contribution in [1.29, 1.82) is 0 Å². The van der Waals surface area contributed by atoms with Crippen LogP contribution in [0.1, 0.15) is 24.8 Å². The Morgan fingerprint density at radius 1 is 1.11 bits per heavy atom. The first-order chi connectivity index (χ1) is 17.9. The summed E-state index contributed by atoms with van der Waals surface area (Å²) in [5.41, 5.74) is 2.20. The van der Waals surface area contributed by atoms with Crippen LogP contribution < -0.4 is 20.1 Å². The lowest BCUT2D eigenvalue weighted by Crippen LogP contribution is -2.48. The Labute approximate surface area is 233 Å². The first-order valence-corrected chi connectivity index (χ1v) is 13.0. The van der Waals surface area contributed by atoms with E-state index in [-0.39, 0.29) is 17.5 Å². The molecule has 208 valence electrons. The molecule has 2 fully saturated rings. The number of carboxylic acid groups (broad SMARTS) is 1. The zero-order chi connectivity index (χ0) is 28.1. The van der Waals surface area contributed by atoms with E-state index in [0.29, 0.717) is 5.92 Å². The predicted octanol–water partition coefficient (Wildman–Crippen LogP) is 5.12. The molecule has 0 bridgehead atoms. The molecule has 3 unspecified atom stereocenters. The molecule has 0 spiro atoms. The van der Waals surface area contributed by atoms with Crippen LogP contribution >= 0.6 is 22.6 Å². The van der Waals surface area contributed by atoms with Gasteiger partial charge in [-0.15, -0.1) is 0 Å². The van der Waals surface area contributed by atoms with Gasteiger partial charge in [-0.25, -0.2) is 9.59 Å². The van der Waals surface area contributed by atoms with E-state index in [1.807, 2.05) is 30.3 Å². The third-order valence-corrected chi connectivity index (χ3v) is 7.73. The number of carboxylic acids is 1. The van der Waals surface area contributed by atoms with E-state index in [4.69, 9.17) is 19.4 Å². The average molecular weight is 649 g/mol. The summed E-state index contributed by atoms with van der Waals surface area (Å²) in [4.78, 5) is 23.9. The van der Waals surface area contributed by atoms with Gasteiger partial charge in [0, 0.05) is 33.8 Å². The Bertz CT molecular complexity index is 1130. The van der Waals surface area contributed by atoms with Crippen molar-refractivity contribution in [3.63, 3.8) is 0 Å². The van der Waals surface area contributed by atoms with E-state index in [9.17, 15) is 18.0 Å². The zero-order valence-electron chi connectivity index (χ0n) is 21.3. The number of carbonyl (C=O) groups excluding carboxylic acids is 1. The Morgan fingerprint density at radius 3 is 2.32 bits per heavy atom. The molecule has 1 heterocycles. The zero-order valence-corrected chi connectivity index (χ0v) is 23.4. The summed E-state index contributed by atoms with van der Waals surface area (Å²) in [6, 6.07) is 14.2. The second-order valence-corrected chi connectivity index (χ2v) is 10.7. The van der Waals surface area contributed by atoms with Crippen LogP contribution in [0.5, 0.6) is 11.5 Å². The number of fused-ring (bicyclic) bond motifs is 1. The fourth-order valence-electron chi connectivity index (χ4n) is 5.34. The summed E-state index contributed by atoms with van der Waals surface area (Å²) in [6.07, 6.45) is -2.12. The largest absolute Gasteiger partial charge is 0.493 e. The number of halogens is 4. The van der Waals surface area contributed by atoms with Gasteiger partial charge >= 0.3 is 18.2 Å². The number of nitrogens with one attached hydrogen (secondary N) is 2. The molecule has 4 rings (SSSR count). The molecular formula is C26H31F3IN3O5. The van der Waals surface area contributed by atoms with Crippen LogP contribution in [0, 0.1) is 9.49 Å². The van der Waals surface area contributed by atoms with Crippen LogP contribution in [0.25, 0.3) is 0 Å². The number of hydrogen-bond acceptors (Lipinski definition) is 5. The maximum atomic E-state index is 12.6. The second-order valence-electron chi connectivity index (χ2n) is 9.50. The van der Waals surface area contributed by atoms with Gasteiger partial charge < -0.3 is 30.1 Å².